The van der Waals surface area contributed by atoms with Gasteiger partial charge >= 0.3 is 0 Å². The largest absolute Gasteiger partial charge is 0.496 e. The summed E-state index contributed by atoms with van der Waals surface area (Å²) in [6.45, 7) is 12.6. The number of aldehydes is 1. The molecule has 11 rings (SSSR count). The van der Waals surface area contributed by atoms with Crippen LogP contribution in [-0.4, -0.2) is 125 Å². The lowest BCUT2D eigenvalue weighted by Gasteiger charge is -2.39. The Morgan fingerprint density at radius 3 is 2.29 bits per heavy atom. The van der Waals surface area contributed by atoms with E-state index in [-0.39, 0.29) is 18.2 Å². The van der Waals surface area contributed by atoms with Gasteiger partial charge in [-0.15, -0.1) is 0 Å². The number of likely N-dealkylation sites (tertiary alicyclic amines) is 1. The quantitative estimate of drug-likeness (QED) is 0.102. The minimum Gasteiger partial charge on any atom is -0.496 e. The number of amides is 3. The Bertz CT molecular complexity index is 2780. The summed E-state index contributed by atoms with van der Waals surface area (Å²) < 4.78 is 31.3. The van der Waals surface area contributed by atoms with Crippen molar-refractivity contribution in [1.82, 2.24) is 34.4 Å². The number of ether oxygens (including phenoxy) is 1. The number of rotatable bonds is 10. The first-order valence-corrected chi connectivity index (χ1v) is 27.8. The zero-order valence-corrected chi connectivity index (χ0v) is 45.3. The van der Waals surface area contributed by atoms with Crippen LogP contribution in [0.2, 0.25) is 0 Å². The minimum atomic E-state index is -2.17. The van der Waals surface area contributed by atoms with Crippen molar-refractivity contribution in [2.24, 2.45) is 11.7 Å². The Balaban J connectivity index is 0.000000954. The third-order valence-electron chi connectivity index (χ3n) is 16.7. The van der Waals surface area contributed by atoms with Gasteiger partial charge in [0.25, 0.3) is 5.91 Å². The van der Waals surface area contributed by atoms with E-state index in [1.165, 1.54) is 67.4 Å². The second kappa shape index (κ2) is 24.0. The van der Waals surface area contributed by atoms with Gasteiger partial charge in [-0.1, -0.05) is 25.3 Å². The molecule has 1 saturated carbocycles. The van der Waals surface area contributed by atoms with Crippen LogP contribution in [0.25, 0.3) is 17.2 Å². The molecule has 18 heteroatoms. The number of anilines is 4. The van der Waals surface area contributed by atoms with Gasteiger partial charge in [0.15, 0.2) is 5.82 Å². The van der Waals surface area contributed by atoms with Gasteiger partial charge in [0.05, 0.1) is 30.1 Å². The van der Waals surface area contributed by atoms with Gasteiger partial charge in [0.1, 0.15) is 18.1 Å². The standard InChI is InChI=1S/C54H71N11O4.C2H4F2.C2H4O/c1-34(55)26-47-51(56)42(36-11-12-44-37(27-36)8-7-20-62(44)52-43-32-59(2)21-19-45(43)65(58-52)40-9-5-4-6-10-40)33-63(47)39-17-22-60(23-18-39)30-35-15-24-61(25-16-35)41-28-38-31-64(46-13-14-49(66)57-53(46)67)54(68)50(38)48(29-41)69-3;1-2(3)4;1-2-3/h11-12,26-29,33,35,39-40,46H,4-10,13-25,30-32,55-56H2,1-3H3,(H,57,66,67);2H,1H3;2H,1H3/b34-26-;;. The summed E-state index contributed by atoms with van der Waals surface area (Å²) in [5.41, 5.74) is 26.3. The van der Waals surface area contributed by atoms with Crippen molar-refractivity contribution in [3.63, 3.8) is 0 Å². The van der Waals surface area contributed by atoms with E-state index in [0.717, 1.165) is 150 Å². The van der Waals surface area contributed by atoms with Crippen LogP contribution in [0.1, 0.15) is 148 Å². The molecule has 6 aliphatic heterocycles. The lowest BCUT2D eigenvalue weighted by Crippen LogP contribution is -2.52. The second-order valence-corrected chi connectivity index (χ2v) is 22.0. The first kappa shape index (κ1) is 54.5. The highest BCUT2D eigenvalue weighted by molar-refractivity contribution is 6.07. The average molecular weight is 1050 g/mol. The number of carbonyl (C=O) groups excluding carboxylic acids is 4. The molecule has 1 aliphatic carbocycles. The molecule has 410 valence electrons. The summed E-state index contributed by atoms with van der Waals surface area (Å²) >= 11 is 0. The number of imide groups is 1. The highest BCUT2D eigenvalue weighted by Gasteiger charge is 2.41. The Labute approximate surface area is 446 Å². The van der Waals surface area contributed by atoms with Crippen LogP contribution in [0.3, 0.4) is 0 Å². The molecule has 1 atom stereocenters. The highest BCUT2D eigenvalue weighted by Crippen LogP contribution is 2.44. The molecule has 0 bridgehead atoms. The third kappa shape index (κ3) is 11.7. The van der Waals surface area contributed by atoms with Gasteiger partial charge in [0.2, 0.25) is 18.2 Å². The van der Waals surface area contributed by atoms with Gasteiger partial charge in [-0.2, -0.15) is 5.10 Å². The fourth-order valence-corrected chi connectivity index (χ4v) is 13.0. The number of piperidine rings is 3. The van der Waals surface area contributed by atoms with Crippen molar-refractivity contribution in [3.05, 3.63) is 75.9 Å². The molecule has 2 aromatic heterocycles. The maximum atomic E-state index is 13.6. The molecule has 4 aromatic rings. The maximum Gasteiger partial charge on any atom is 0.258 e. The molecule has 1 unspecified atom stereocenters. The smallest absolute Gasteiger partial charge is 0.258 e. The van der Waals surface area contributed by atoms with Crippen LogP contribution in [0.5, 0.6) is 5.75 Å². The first-order valence-electron chi connectivity index (χ1n) is 27.8. The molecule has 76 heavy (non-hydrogen) atoms. The van der Waals surface area contributed by atoms with E-state index in [2.05, 4.69) is 77.8 Å². The molecule has 3 amide bonds. The number of fused-ring (bicyclic) bond motifs is 3. The third-order valence-corrected chi connectivity index (χ3v) is 16.7. The molecular formula is C58H79F2N11O5. The molecule has 0 radical (unpaired) electrons. The van der Waals surface area contributed by atoms with Crippen LogP contribution >= 0.6 is 0 Å². The summed E-state index contributed by atoms with van der Waals surface area (Å²) in [6.07, 6.45) is 17.4. The van der Waals surface area contributed by atoms with Crippen molar-refractivity contribution in [2.45, 2.75) is 148 Å². The number of likely N-dealkylation sites (N-methyl/N-ethyl adjacent to an activating group) is 1. The number of aryl methyl sites for hydroxylation is 1. The molecule has 16 nitrogen and oxygen atoms in total. The van der Waals surface area contributed by atoms with Crippen LogP contribution in [0.4, 0.5) is 31.7 Å². The number of hydrogen-bond donors (Lipinski definition) is 3. The van der Waals surface area contributed by atoms with Gasteiger partial charge < -0.3 is 50.1 Å². The SMILES string of the molecule is CC(F)F.CC=O.COc1cc(N2CCC(CN3CCC(n4cc(-c5ccc6c(c5)CCCN6c5nn(C6CCCCC6)c6c5CN(C)CC6)c(N)c4/C=C(/C)N)CC3)CC2)cc2c1C(=O)N(C1CCC(=O)NC1=O)C2. The van der Waals surface area contributed by atoms with Gasteiger partial charge in [-0.05, 0) is 132 Å². The number of aromatic nitrogens is 3. The summed E-state index contributed by atoms with van der Waals surface area (Å²) in [5.74, 6) is 1.41. The minimum absolute atomic E-state index is 0.213. The van der Waals surface area contributed by atoms with Crippen LogP contribution in [-0.2, 0) is 40.3 Å². The Kier molecular flexibility index (Phi) is 17.2. The molecule has 7 aliphatic rings. The first-order chi connectivity index (χ1) is 36.6. The Hall–Kier alpha value is -6.27. The normalized spacial score (nSPS) is 21.1. The van der Waals surface area contributed by atoms with Crippen molar-refractivity contribution in [2.75, 3.05) is 75.5 Å². The predicted molar refractivity (Wildman–Crippen MR) is 294 cm³/mol. The number of nitrogen functional groups attached to an aromatic ring is 1. The number of methoxy groups -OCH3 is 1. The van der Waals surface area contributed by atoms with E-state index in [4.69, 9.17) is 26.1 Å². The number of nitrogens with two attached hydrogens (primary N) is 2. The molecule has 5 N–H and O–H groups in total. The summed E-state index contributed by atoms with van der Waals surface area (Å²) in [4.78, 5) is 58.5. The number of nitrogens with zero attached hydrogens (tertiary/aromatic N) is 8. The molecule has 3 saturated heterocycles. The van der Waals surface area contributed by atoms with Crippen LogP contribution < -0.4 is 31.3 Å². The van der Waals surface area contributed by atoms with Crippen molar-refractivity contribution >= 4 is 53.0 Å². The number of allylic oxidation sites excluding steroid dienone is 1. The maximum absolute atomic E-state index is 13.6. The number of carbonyl (C=O) groups is 4. The molecular weight excluding hydrogens is 969 g/mol. The fraction of sp³-hybridized carbons (Fsp3) is 0.569. The van der Waals surface area contributed by atoms with E-state index in [9.17, 15) is 23.2 Å². The van der Waals surface area contributed by atoms with Gasteiger partial charge in [0, 0.05) is 124 Å². The molecule has 4 fully saturated rings. The van der Waals surface area contributed by atoms with E-state index in [0.29, 0.717) is 42.3 Å². The zero-order valence-electron chi connectivity index (χ0n) is 45.3. The van der Waals surface area contributed by atoms with Crippen LogP contribution in [0.15, 0.2) is 42.2 Å². The number of nitrogens with one attached hydrogen (secondary N) is 1. The Morgan fingerprint density at radius 1 is 0.882 bits per heavy atom. The number of benzene rings is 2. The molecule has 2 aromatic carbocycles. The predicted octanol–water partition coefficient (Wildman–Crippen LogP) is 8.63. The highest BCUT2D eigenvalue weighted by atomic mass is 19.3. The molecule has 8 heterocycles. The van der Waals surface area contributed by atoms with E-state index in [1.807, 2.05) is 13.0 Å². The van der Waals surface area contributed by atoms with Crippen LogP contribution in [0, 0.1) is 5.92 Å². The summed E-state index contributed by atoms with van der Waals surface area (Å²) in [7, 11) is 3.84. The fourth-order valence-electron chi connectivity index (χ4n) is 13.0. The summed E-state index contributed by atoms with van der Waals surface area (Å²) in [6, 6.07) is 11.3. The average Bonchev–Trinajstić information content (AvgIpc) is 4.06. The zero-order chi connectivity index (χ0) is 53.8. The van der Waals surface area contributed by atoms with Crippen molar-refractivity contribution < 1.29 is 32.7 Å². The number of hydrogen-bond acceptors (Lipinski definition) is 12. The van der Waals surface area contributed by atoms with Crippen molar-refractivity contribution in [3.8, 4) is 16.9 Å². The number of halogens is 2. The number of alkyl halides is 2. The monoisotopic (exact) mass is 1050 g/mol. The summed E-state index contributed by atoms with van der Waals surface area (Å²) in [5, 5.41) is 7.89. The molecule has 0 spiro atoms. The van der Waals surface area contributed by atoms with E-state index >= 15 is 0 Å². The van der Waals surface area contributed by atoms with E-state index < -0.39 is 18.4 Å². The lowest BCUT2D eigenvalue weighted by molar-refractivity contribution is -0.137. The van der Waals surface area contributed by atoms with E-state index in [1.54, 1.807) is 12.0 Å². The topological polar surface area (TPSA) is 181 Å². The van der Waals surface area contributed by atoms with Gasteiger partial charge in [-0.25, -0.2) is 8.78 Å². The Morgan fingerprint density at radius 2 is 1.61 bits per heavy atom. The van der Waals surface area contributed by atoms with Gasteiger partial charge in [-0.3, -0.25) is 24.4 Å². The lowest BCUT2D eigenvalue weighted by atomic mass is 9.94. The second-order valence-electron chi connectivity index (χ2n) is 22.0. The van der Waals surface area contributed by atoms with Crippen molar-refractivity contribution in [1.29, 1.82) is 0 Å².